The lowest BCUT2D eigenvalue weighted by molar-refractivity contribution is -0.131. The molecule has 1 heterocycles. The maximum atomic E-state index is 10.4. The number of hydrogen-bond acceptors (Lipinski definition) is 2. The van der Waals surface area contributed by atoms with Crippen LogP contribution in [0.2, 0.25) is 0 Å². The number of rotatable bonds is 9. The summed E-state index contributed by atoms with van der Waals surface area (Å²) in [6, 6.07) is 12.6. The number of allylic oxidation sites excluding steroid dienone is 3. The van der Waals surface area contributed by atoms with Crippen molar-refractivity contribution in [2.24, 2.45) is 0 Å². The van der Waals surface area contributed by atoms with Crippen LogP contribution in [0, 0.1) is 0 Å². The molecule has 1 aromatic carbocycles. The number of pyridine rings is 1. The second-order valence-electron chi connectivity index (χ2n) is 6.02. The molecule has 0 bridgehead atoms. The largest absolute Gasteiger partial charge is 0.478 e. The Labute approximate surface area is 149 Å². The summed E-state index contributed by atoms with van der Waals surface area (Å²) in [5.74, 6) is -0.931. The standard InChI is InChI=1S/C22H25NO2/c1-2-3-5-9-21-16-15-20(17-23-21)19-13-11-18(12-14-19)8-6-4-7-10-22(24)25/h4,6-7,10-17H,2-3,5,8-9H2,1H3,(H,24,25)/b6-4+,10-7+. The number of carboxylic acids is 1. The highest BCUT2D eigenvalue weighted by Gasteiger charge is 2.00. The average molecular weight is 335 g/mol. The van der Waals surface area contributed by atoms with Crippen LogP contribution in [0.3, 0.4) is 0 Å². The summed E-state index contributed by atoms with van der Waals surface area (Å²) in [6.45, 7) is 2.21. The molecule has 3 heteroatoms. The van der Waals surface area contributed by atoms with Gasteiger partial charge in [-0.05, 0) is 36.5 Å². The number of nitrogens with zero attached hydrogens (tertiary/aromatic N) is 1. The molecule has 3 nitrogen and oxygen atoms in total. The van der Waals surface area contributed by atoms with Crippen LogP contribution in [0.1, 0.15) is 37.4 Å². The third-order valence-electron chi connectivity index (χ3n) is 3.99. The van der Waals surface area contributed by atoms with Crippen LogP contribution in [0.25, 0.3) is 11.1 Å². The lowest BCUT2D eigenvalue weighted by Gasteiger charge is -2.05. The van der Waals surface area contributed by atoms with Gasteiger partial charge in [0.25, 0.3) is 0 Å². The zero-order valence-corrected chi connectivity index (χ0v) is 14.7. The maximum absolute atomic E-state index is 10.4. The van der Waals surface area contributed by atoms with Crippen LogP contribution in [-0.4, -0.2) is 16.1 Å². The predicted molar refractivity (Wildman–Crippen MR) is 103 cm³/mol. The van der Waals surface area contributed by atoms with Crippen molar-refractivity contribution in [3.8, 4) is 11.1 Å². The van der Waals surface area contributed by atoms with Crippen molar-refractivity contribution in [1.29, 1.82) is 0 Å². The fraction of sp³-hybridized carbons (Fsp3) is 0.273. The smallest absolute Gasteiger partial charge is 0.328 e. The zero-order valence-electron chi connectivity index (χ0n) is 14.7. The van der Waals surface area contributed by atoms with E-state index in [4.69, 9.17) is 5.11 Å². The SMILES string of the molecule is CCCCCc1ccc(-c2ccc(C/C=C/C=C/C(=O)O)cc2)cn1. The molecule has 1 aromatic heterocycles. The molecular weight excluding hydrogens is 310 g/mol. The molecule has 2 rings (SSSR count). The van der Waals surface area contributed by atoms with Crippen LogP contribution in [0.15, 0.2) is 66.9 Å². The van der Waals surface area contributed by atoms with Gasteiger partial charge in [-0.25, -0.2) is 4.79 Å². The minimum atomic E-state index is -0.931. The summed E-state index contributed by atoms with van der Waals surface area (Å²) < 4.78 is 0. The van der Waals surface area contributed by atoms with E-state index < -0.39 is 5.97 Å². The Kier molecular flexibility index (Phi) is 7.64. The van der Waals surface area contributed by atoms with Crippen molar-refractivity contribution in [2.45, 2.75) is 39.0 Å². The molecule has 0 aliphatic heterocycles. The fourth-order valence-electron chi connectivity index (χ4n) is 2.55. The fourth-order valence-corrected chi connectivity index (χ4v) is 2.55. The molecule has 0 radical (unpaired) electrons. The molecular formula is C22H25NO2. The van der Waals surface area contributed by atoms with Gasteiger partial charge in [-0.1, -0.05) is 68.3 Å². The number of carbonyl (C=O) groups is 1. The predicted octanol–water partition coefficient (Wildman–Crippen LogP) is 5.22. The van der Waals surface area contributed by atoms with Crippen LogP contribution in [0.4, 0.5) is 0 Å². The Balaban J connectivity index is 1.91. The van der Waals surface area contributed by atoms with Crippen molar-refractivity contribution in [1.82, 2.24) is 4.98 Å². The number of aliphatic carboxylic acids is 1. The van der Waals surface area contributed by atoms with Gasteiger partial charge < -0.3 is 5.11 Å². The normalized spacial score (nSPS) is 11.4. The van der Waals surface area contributed by atoms with Gasteiger partial charge in [-0.15, -0.1) is 0 Å². The second-order valence-corrected chi connectivity index (χ2v) is 6.02. The van der Waals surface area contributed by atoms with E-state index in [1.165, 1.54) is 30.9 Å². The number of aromatic nitrogens is 1. The summed E-state index contributed by atoms with van der Waals surface area (Å²) >= 11 is 0. The highest BCUT2D eigenvalue weighted by atomic mass is 16.4. The first-order valence-corrected chi connectivity index (χ1v) is 8.79. The average Bonchev–Trinajstić information content (AvgIpc) is 2.63. The number of unbranched alkanes of at least 4 members (excludes halogenated alkanes) is 2. The first-order valence-electron chi connectivity index (χ1n) is 8.79. The maximum Gasteiger partial charge on any atom is 0.328 e. The summed E-state index contributed by atoms with van der Waals surface area (Å²) in [7, 11) is 0. The number of hydrogen-bond donors (Lipinski definition) is 1. The molecule has 0 unspecified atom stereocenters. The van der Waals surface area contributed by atoms with Crippen molar-refractivity contribution < 1.29 is 9.90 Å². The Hall–Kier alpha value is -2.68. The van der Waals surface area contributed by atoms with Gasteiger partial charge in [-0.2, -0.15) is 0 Å². The summed E-state index contributed by atoms with van der Waals surface area (Å²) in [5.41, 5.74) is 4.64. The monoisotopic (exact) mass is 335 g/mol. The molecule has 25 heavy (non-hydrogen) atoms. The van der Waals surface area contributed by atoms with Gasteiger partial charge in [0.05, 0.1) is 0 Å². The van der Waals surface area contributed by atoms with Crippen molar-refractivity contribution in [3.63, 3.8) is 0 Å². The molecule has 0 saturated heterocycles. The lowest BCUT2D eigenvalue weighted by atomic mass is 10.0. The summed E-state index contributed by atoms with van der Waals surface area (Å²) in [6.07, 6.45) is 13.8. The van der Waals surface area contributed by atoms with Crippen LogP contribution in [0.5, 0.6) is 0 Å². The topological polar surface area (TPSA) is 50.2 Å². The number of benzene rings is 1. The molecule has 0 amide bonds. The van der Waals surface area contributed by atoms with Crippen molar-refractivity contribution >= 4 is 5.97 Å². The van der Waals surface area contributed by atoms with E-state index in [-0.39, 0.29) is 0 Å². The van der Waals surface area contributed by atoms with E-state index in [1.54, 1.807) is 6.08 Å². The van der Waals surface area contributed by atoms with Gasteiger partial charge in [0.2, 0.25) is 0 Å². The second kappa shape index (κ2) is 10.2. The summed E-state index contributed by atoms with van der Waals surface area (Å²) in [4.78, 5) is 14.9. The van der Waals surface area contributed by atoms with Crippen LogP contribution < -0.4 is 0 Å². The minimum absolute atomic E-state index is 0.777. The molecule has 0 atom stereocenters. The first kappa shape index (κ1) is 18.7. The molecule has 0 saturated carbocycles. The van der Waals surface area contributed by atoms with E-state index in [2.05, 4.69) is 48.3 Å². The van der Waals surface area contributed by atoms with Crippen LogP contribution >= 0.6 is 0 Å². The van der Waals surface area contributed by atoms with Gasteiger partial charge in [-0.3, -0.25) is 4.98 Å². The molecule has 0 aliphatic carbocycles. The molecule has 0 spiro atoms. The molecule has 0 aliphatic rings. The Morgan fingerprint density at radius 1 is 1.04 bits per heavy atom. The third-order valence-corrected chi connectivity index (χ3v) is 3.99. The highest BCUT2D eigenvalue weighted by molar-refractivity contribution is 5.80. The quantitative estimate of drug-likeness (QED) is 0.388. The van der Waals surface area contributed by atoms with Gasteiger partial charge in [0.15, 0.2) is 0 Å². The first-order chi connectivity index (χ1) is 12.2. The Bertz CT molecular complexity index is 713. The highest BCUT2D eigenvalue weighted by Crippen LogP contribution is 2.20. The molecule has 2 aromatic rings. The summed E-state index contributed by atoms with van der Waals surface area (Å²) in [5, 5.41) is 8.51. The lowest BCUT2D eigenvalue weighted by Crippen LogP contribution is -1.90. The van der Waals surface area contributed by atoms with E-state index >= 15 is 0 Å². The van der Waals surface area contributed by atoms with Crippen LogP contribution in [-0.2, 0) is 17.6 Å². The van der Waals surface area contributed by atoms with E-state index in [9.17, 15) is 4.79 Å². The molecule has 1 N–H and O–H groups in total. The van der Waals surface area contributed by atoms with Gasteiger partial charge in [0, 0.05) is 23.5 Å². The van der Waals surface area contributed by atoms with E-state index in [0.29, 0.717) is 0 Å². The van der Waals surface area contributed by atoms with Crippen molar-refractivity contribution in [3.05, 3.63) is 78.2 Å². The minimum Gasteiger partial charge on any atom is -0.478 e. The Morgan fingerprint density at radius 2 is 1.80 bits per heavy atom. The number of aryl methyl sites for hydroxylation is 1. The molecule has 130 valence electrons. The van der Waals surface area contributed by atoms with E-state index in [1.807, 2.05) is 12.3 Å². The Morgan fingerprint density at radius 3 is 2.44 bits per heavy atom. The zero-order chi connectivity index (χ0) is 17.9. The van der Waals surface area contributed by atoms with Gasteiger partial charge in [0.1, 0.15) is 0 Å². The van der Waals surface area contributed by atoms with E-state index in [0.717, 1.165) is 35.7 Å². The van der Waals surface area contributed by atoms with Crippen molar-refractivity contribution in [2.75, 3.05) is 0 Å². The molecule has 0 fully saturated rings. The number of carboxylic acid groups (broad SMARTS) is 1. The third kappa shape index (κ3) is 6.76. The van der Waals surface area contributed by atoms with Gasteiger partial charge >= 0.3 is 5.97 Å².